The second-order valence-electron chi connectivity index (χ2n) is 1.78. The summed E-state index contributed by atoms with van der Waals surface area (Å²) in [5.74, 6) is -1.30. The van der Waals surface area contributed by atoms with Crippen LogP contribution in [0.4, 0.5) is 0 Å². The van der Waals surface area contributed by atoms with Crippen molar-refractivity contribution in [3.63, 3.8) is 0 Å². The van der Waals surface area contributed by atoms with E-state index < -0.39 is 11.9 Å². The van der Waals surface area contributed by atoms with Crippen LogP contribution < -0.4 is 0 Å². The third kappa shape index (κ3) is 1.49. The van der Waals surface area contributed by atoms with E-state index in [0.717, 1.165) is 6.20 Å². The van der Waals surface area contributed by atoms with Gasteiger partial charge in [-0.05, 0) is 6.92 Å². The van der Waals surface area contributed by atoms with E-state index in [1.807, 2.05) is 0 Å². The number of hydrogen-bond donors (Lipinski definition) is 0. The van der Waals surface area contributed by atoms with Gasteiger partial charge in [0.2, 0.25) is 0 Å². The number of carbonyl (C=O) groups is 2. The molecule has 0 aromatic heterocycles. The smallest absolute Gasteiger partial charge is 0.345 e. The highest BCUT2D eigenvalue weighted by Crippen LogP contribution is 2.08. The molecular weight excluding hydrogens is 148 g/mol. The molecule has 0 aromatic rings. The maximum atomic E-state index is 10.8. The Balaban J connectivity index is 2.63. The fourth-order valence-corrected chi connectivity index (χ4v) is 0.597. The molecule has 0 bridgehead atoms. The number of hydrogen-bond acceptors (Lipinski definition) is 4. The molecule has 0 aromatic carbocycles. The van der Waals surface area contributed by atoms with Crippen LogP contribution in [0.5, 0.6) is 0 Å². The Morgan fingerprint density at radius 2 is 2.45 bits per heavy atom. The number of carbonyl (C=O) groups excluding carboxylic acids is 2. The minimum Gasteiger partial charge on any atom is -0.462 e. The van der Waals surface area contributed by atoms with Crippen molar-refractivity contribution >= 4 is 11.9 Å². The van der Waals surface area contributed by atoms with Crippen LogP contribution >= 0.6 is 0 Å². The quantitative estimate of drug-likeness (QED) is 0.427. The lowest BCUT2D eigenvalue weighted by Crippen LogP contribution is -2.11. The van der Waals surface area contributed by atoms with Gasteiger partial charge in [-0.1, -0.05) is 0 Å². The van der Waals surface area contributed by atoms with Gasteiger partial charge in [0, 0.05) is 0 Å². The number of amides is 1. The summed E-state index contributed by atoms with van der Waals surface area (Å²) in [5, 5.41) is 6.38. The normalized spacial score (nSPS) is 15.0. The van der Waals surface area contributed by atoms with Crippen molar-refractivity contribution < 1.29 is 14.3 Å². The van der Waals surface area contributed by atoms with E-state index in [9.17, 15) is 9.59 Å². The molecule has 0 N–H and O–H groups in total. The second-order valence-corrected chi connectivity index (χ2v) is 1.78. The summed E-state index contributed by atoms with van der Waals surface area (Å²) in [6.45, 7) is 1.90. The Kier molecular flexibility index (Phi) is 2.10. The zero-order chi connectivity index (χ0) is 8.27. The molecule has 1 aliphatic rings. The highest BCUT2D eigenvalue weighted by molar-refractivity contribution is 6.17. The van der Waals surface area contributed by atoms with Crippen LogP contribution in [0.2, 0.25) is 0 Å². The average molecular weight is 154 g/mol. The molecule has 0 saturated carbocycles. The molecule has 1 amide bonds. The molecule has 11 heavy (non-hydrogen) atoms. The molecule has 0 radical (unpaired) electrons. The molecule has 1 rings (SSSR count). The largest absolute Gasteiger partial charge is 0.462 e. The number of rotatable bonds is 2. The van der Waals surface area contributed by atoms with E-state index in [-0.39, 0.29) is 12.2 Å². The summed E-state index contributed by atoms with van der Waals surface area (Å²) < 4.78 is 4.55. The first-order valence-electron chi connectivity index (χ1n) is 3.08. The van der Waals surface area contributed by atoms with E-state index in [0.29, 0.717) is 0 Å². The lowest BCUT2D eigenvalue weighted by Gasteiger charge is -1.97. The summed E-state index contributed by atoms with van der Waals surface area (Å²) in [6, 6.07) is 0. The van der Waals surface area contributed by atoms with Crippen LogP contribution in [0, 0.1) is 0 Å². The molecule has 0 unspecified atom stereocenters. The fraction of sp³-hybridized carbons (Fsp3) is 0.333. The van der Waals surface area contributed by atoms with Crippen molar-refractivity contribution in [1.82, 2.24) is 0 Å². The Morgan fingerprint density at radius 3 is 2.91 bits per heavy atom. The highest BCUT2D eigenvalue weighted by Gasteiger charge is 2.22. The van der Waals surface area contributed by atoms with Gasteiger partial charge in [-0.2, -0.15) is 5.11 Å². The van der Waals surface area contributed by atoms with Crippen LogP contribution in [0.15, 0.2) is 22.0 Å². The molecular formula is C6H6N2O3. The van der Waals surface area contributed by atoms with Gasteiger partial charge in [-0.25, -0.2) is 4.79 Å². The molecule has 0 atom stereocenters. The minimum absolute atomic E-state index is 0.105. The molecule has 1 heterocycles. The second kappa shape index (κ2) is 3.05. The summed E-state index contributed by atoms with van der Waals surface area (Å²) in [6.07, 6.45) is 1.10. The van der Waals surface area contributed by atoms with Crippen LogP contribution in [-0.4, -0.2) is 18.5 Å². The summed E-state index contributed by atoms with van der Waals surface area (Å²) in [4.78, 5) is 21.5. The lowest BCUT2D eigenvalue weighted by atomic mass is 10.3. The predicted molar refractivity (Wildman–Crippen MR) is 34.6 cm³/mol. The first-order valence-corrected chi connectivity index (χ1v) is 3.08. The average Bonchev–Trinajstić information content (AvgIpc) is 2.36. The molecule has 0 saturated heterocycles. The Labute approximate surface area is 62.8 Å². The molecule has 58 valence electrons. The number of azo groups is 1. The van der Waals surface area contributed by atoms with Crippen LogP contribution in [0.25, 0.3) is 0 Å². The molecule has 0 spiro atoms. The third-order valence-corrected chi connectivity index (χ3v) is 1.06. The van der Waals surface area contributed by atoms with Crippen LogP contribution in [-0.2, 0) is 14.3 Å². The third-order valence-electron chi connectivity index (χ3n) is 1.06. The Hall–Kier alpha value is -1.52. The molecule has 0 aliphatic carbocycles. The first-order chi connectivity index (χ1) is 5.25. The van der Waals surface area contributed by atoms with Crippen LogP contribution in [0.3, 0.4) is 0 Å². The van der Waals surface area contributed by atoms with E-state index in [2.05, 4.69) is 15.0 Å². The molecule has 5 heteroatoms. The van der Waals surface area contributed by atoms with Gasteiger partial charge < -0.3 is 4.74 Å². The van der Waals surface area contributed by atoms with Crippen molar-refractivity contribution in [1.29, 1.82) is 0 Å². The van der Waals surface area contributed by atoms with Gasteiger partial charge >= 0.3 is 11.9 Å². The van der Waals surface area contributed by atoms with Crippen molar-refractivity contribution in [2.45, 2.75) is 6.92 Å². The minimum atomic E-state index is -0.664. The van der Waals surface area contributed by atoms with Gasteiger partial charge in [-0.15, -0.1) is 5.11 Å². The molecule has 1 aliphatic heterocycles. The first kappa shape index (κ1) is 7.59. The fourth-order valence-electron chi connectivity index (χ4n) is 0.597. The van der Waals surface area contributed by atoms with Gasteiger partial charge in [0.25, 0.3) is 0 Å². The summed E-state index contributed by atoms with van der Waals surface area (Å²) in [5.41, 5.74) is -0.105. The number of ether oxygens (including phenoxy) is 1. The van der Waals surface area contributed by atoms with Gasteiger partial charge in [0.15, 0.2) is 0 Å². The maximum absolute atomic E-state index is 10.8. The van der Waals surface area contributed by atoms with E-state index in [1.54, 1.807) is 6.92 Å². The number of esters is 1. The van der Waals surface area contributed by atoms with Crippen molar-refractivity contribution in [2.24, 2.45) is 10.2 Å². The topological polar surface area (TPSA) is 68.1 Å². The Bertz CT molecular complexity index is 255. The molecule has 5 nitrogen and oxygen atoms in total. The monoisotopic (exact) mass is 154 g/mol. The van der Waals surface area contributed by atoms with Gasteiger partial charge in [0.1, 0.15) is 5.57 Å². The maximum Gasteiger partial charge on any atom is 0.345 e. The van der Waals surface area contributed by atoms with E-state index >= 15 is 0 Å². The number of nitrogens with zero attached hydrogens (tertiary/aromatic N) is 2. The van der Waals surface area contributed by atoms with Crippen molar-refractivity contribution in [2.75, 3.05) is 6.61 Å². The summed E-state index contributed by atoms with van der Waals surface area (Å²) in [7, 11) is 0. The van der Waals surface area contributed by atoms with Gasteiger partial charge in [0.05, 0.1) is 12.8 Å². The van der Waals surface area contributed by atoms with E-state index in [4.69, 9.17) is 0 Å². The molecule has 0 fully saturated rings. The highest BCUT2D eigenvalue weighted by atomic mass is 16.5. The van der Waals surface area contributed by atoms with Crippen LogP contribution in [0.1, 0.15) is 6.92 Å². The Morgan fingerprint density at radius 1 is 1.73 bits per heavy atom. The summed E-state index contributed by atoms with van der Waals surface area (Å²) >= 11 is 0. The van der Waals surface area contributed by atoms with Crippen molar-refractivity contribution in [3.8, 4) is 0 Å². The van der Waals surface area contributed by atoms with E-state index in [1.165, 1.54) is 0 Å². The zero-order valence-electron chi connectivity index (χ0n) is 5.90. The SMILES string of the molecule is CCOC(=O)C1=CN=NC1=O. The van der Waals surface area contributed by atoms with Gasteiger partial charge in [-0.3, -0.25) is 4.79 Å². The zero-order valence-corrected chi connectivity index (χ0v) is 5.90. The van der Waals surface area contributed by atoms with Crippen molar-refractivity contribution in [3.05, 3.63) is 11.8 Å². The lowest BCUT2D eigenvalue weighted by molar-refractivity contribution is -0.139. The predicted octanol–water partition coefficient (Wildman–Crippen LogP) is 0.426. The standard InChI is InChI=1S/C6H6N2O3/c1-2-11-6(10)4-3-7-8-5(4)9/h3H,2H2,1H3.